The highest BCUT2D eigenvalue weighted by Crippen LogP contribution is 2.51. The van der Waals surface area contributed by atoms with Crippen LogP contribution in [0.2, 0.25) is 0 Å². The molecule has 3 unspecified atom stereocenters. The monoisotopic (exact) mass is 506 g/mol. The van der Waals surface area contributed by atoms with E-state index >= 15 is 0 Å². The number of piperidine rings is 1. The Morgan fingerprint density at radius 3 is 2.14 bits per heavy atom. The van der Waals surface area contributed by atoms with Crippen LogP contribution in [-0.2, 0) is 4.79 Å². The highest BCUT2D eigenvalue weighted by atomic mass is 16.7. The van der Waals surface area contributed by atoms with Gasteiger partial charge < -0.3 is 71.7 Å². The number of nitrogens with zero attached hydrogens (tertiary/aromatic N) is 3. The molecule has 19 nitrogen and oxygen atoms in total. The van der Waals surface area contributed by atoms with Gasteiger partial charge in [-0.15, -0.1) is 0 Å². The molecule has 3 amide bonds. The molecule has 3 aliphatic heterocycles. The topological polar surface area (TPSA) is 323 Å². The van der Waals surface area contributed by atoms with Gasteiger partial charge in [0.25, 0.3) is 0 Å². The molecule has 0 aromatic heterocycles. The molecule has 0 aliphatic carbocycles. The van der Waals surface area contributed by atoms with Crippen LogP contribution in [0.5, 0.6) is 0 Å². The van der Waals surface area contributed by atoms with E-state index < -0.39 is 81.1 Å². The largest absolute Gasteiger partial charge is 0.503 e. The highest BCUT2D eigenvalue weighted by molar-refractivity contribution is 5.87. The number of amides is 3. The Kier molecular flexibility index (Phi) is 5.44. The normalized spacial score (nSPS) is 31.1. The van der Waals surface area contributed by atoms with Crippen LogP contribution in [0.3, 0.4) is 0 Å². The number of carbonyl (C=O) groups excluding carboxylic acids is 2. The zero-order chi connectivity index (χ0) is 27.1. The minimum atomic E-state index is -4.50. The molecule has 1 fully saturated rings. The smallest absolute Gasteiger partial charge is 0.336 e. The first-order chi connectivity index (χ1) is 15.7. The Morgan fingerprint density at radius 1 is 1.09 bits per heavy atom. The van der Waals surface area contributed by atoms with Crippen LogP contribution in [0, 0.1) is 17.2 Å². The lowest BCUT2D eigenvalue weighted by molar-refractivity contribution is -0.543. The van der Waals surface area contributed by atoms with Gasteiger partial charge in [-0.1, -0.05) is 6.92 Å². The lowest BCUT2D eigenvalue weighted by Gasteiger charge is -2.63. The van der Waals surface area contributed by atoms with Crippen LogP contribution in [-0.4, -0.2) is 120 Å². The van der Waals surface area contributed by atoms with Crippen LogP contribution >= 0.6 is 0 Å². The lowest BCUT2D eigenvalue weighted by Crippen LogP contribution is -2.90. The average molecular weight is 506 g/mol. The summed E-state index contributed by atoms with van der Waals surface area (Å²) in [7, 11) is 0.737. The van der Waals surface area contributed by atoms with Crippen molar-refractivity contribution in [1.82, 2.24) is 25.8 Å². The van der Waals surface area contributed by atoms with E-state index in [1.165, 1.54) is 0 Å². The van der Waals surface area contributed by atoms with E-state index in [-0.39, 0.29) is 4.90 Å². The number of carbonyl (C=O) groups is 2. The van der Waals surface area contributed by atoms with Crippen molar-refractivity contribution in [3.63, 3.8) is 0 Å². The molecule has 0 aromatic rings. The van der Waals surface area contributed by atoms with E-state index in [0.717, 1.165) is 7.05 Å². The first kappa shape index (κ1) is 26.2. The Balaban J connectivity index is 2.30. The third-order valence-electron chi connectivity index (χ3n) is 6.13. The van der Waals surface area contributed by atoms with E-state index in [2.05, 4.69) is 10.6 Å². The molecule has 1 saturated heterocycles. The van der Waals surface area contributed by atoms with Crippen LogP contribution in [0.15, 0.2) is 23.0 Å². The number of aliphatic hydroxyl groups is 11. The Bertz CT molecular complexity index is 1090. The van der Waals surface area contributed by atoms with Gasteiger partial charge in [0.15, 0.2) is 5.76 Å². The third kappa shape index (κ3) is 3.11. The number of aliphatic hydroxyl groups excluding tert-OH is 2. The summed E-state index contributed by atoms with van der Waals surface area (Å²) >= 11 is 0. The number of rotatable bonds is 3. The van der Waals surface area contributed by atoms with Crippen molar-refractivity contribution in [3.8, 4) is 6.07 Å². The number of nitriles is 1. The van der Waals surface area contributed by atoms with Gasteiger partial charge in [0.1, 0.15) is 18.1 Å². The van der Waals surface area contributed by atoms with Crippen molar-refractivity contribution in [2.45, 2.75) is 42.2 Å². The summed E-state index contributed by atoms with van der Waals surface area (Å²) in [4.78, 5) is 23.7. The maximum Gasteiger partial charge on any atom is 0.336 e. The van der Waals surface area contributed by atoms with Crippen molar-refractivity contribution in [1.29, 1.82) is 5.26 Å². The maximum absolute atomic E-state index is 12.5. The quantitative estimate of drug-likeness (QED) is 0.125. The van der Waals surface area contributed by atoms with Gasteiger partial charge in [-0.25, -0.2) is 9.69 Å². The summed E-state index contributed by atoms with van der Waals surface area (Å²) < 4.78 is 0. The van der Waals surface area contributed by atoms with Gasteiger partial charge in [-0.3, -0.25) is 10.1 Å². The molecular weight excluding hydrogens is 484 g/mol. The standard InChI is InChI=1S/C16H22N6O13/c1-4-13(29,21(2)8-5-6(23)9(24)18-7(5)19-11(26)20-8)15(32,33)22(10(25)12(27,28)3-17)16(34,35)14(4,30)31/h4,7,18,23-24,27-35H,1-2H3,(H2,19,20,26). The van der Waals surface area contributed by atoms with Crippen molar-refractivity contribution in [2.75, 3.05) is 7.05 Å². The second-order valence-electron chi connectivity index (χ2n) is 8.06. The number of nitrogens with one attached hydrogen (secondary N) is 3. The SMILES string of the molecule is CC1C(O)(O)C(O)(O)N(C(=O)C(O)(O)C#N)C(O)(O)C1(O)N(C)C1=C2C(O)=C(O)NC2NC(=O)N1. The summed E-state index contributed by atoms with van der Waals surface area (Å²) in [6.45, 7) is 0.613. The molecule has 0 spiro atoms. The molecule has 3 rings (SSSR count). The summed E-state index contributed by atoms with van der Waals surface area (Å²) in [5, 5.41) is 129. The lowest BCUT2D eigenvalue weighted by atomic mass is 9.77. The molecule has 3 aliphatic rings. The summed E-state index contributed by atoms with van der Waals surface area (Å²) in [5.41, 5.74) is -4.19. The van der Waals surface area contributed by atoms with Gasteiger partial charge in [0.2, 0.25) is 17.4 Å². The molecule has 14 N–H and O–H groups in total. The zero-order valence-electron chi connectivity index (χ0n) is 17.7. The van der Waals surface area contributed by atoms with E-state index in [1.54, 1.807) is 0 Å². The molecule has 3 atom stereocenters. The molecule has 0 radical (unpaired) electrons. The number of urea groups is 1. The minimum absolute atomic E-state index is 0.245. The Morgan fingerprint density at radius 2 is 1.63 bits per heavy atom. The first-order valence-electron chi connectivity index (χ1n) is 9.43. The number of likely N-dealkylation sites (N-methyl/N-ethyl adjacent to an activating group) is 1. The Labute approximate surface area is 193 Å². The molecule has 3 heterocycles. The van der Waals surface area contributed by atoms with Crippen molar-refractivity contribution < 1.29 is 65.8 Å². The summed E-state index contributed by atoms with van der Waals surface area (Å²) in [6.07, 6.45) is -1.38. The fraction of sp³-hybridized carbons (Fsp3) is 0.562. The van der Waals surface area contributed by atoms with E-state index in [1.807, 2.05) is 5.32 Å². The fourth-order valence-electron chi connectivity index (χ4n) is 4.09. The first-order valence-corrected chi connectivity index (χ1v) is 9.43. The molecule has 0 bridgehead atoms. The molecule has 0 aromatic carbocycles. The summed E-state index contributed by atoms with van der Waals surface area (Å²) in [5.74, 6) is -25.0. The van der Waals surface area contributed by atoms with Gasteiger partial charge in [0, 0.05) is 7.05 Å². The number of hydrogen-bond donors (Lipinski definition) is 14. The van der Waals surface area contributed by atoms with Crippen LogP contribution in [0.25, 0.3) is 0 Å². The average Bonchev–Trinajstić information content (AvgIpc) is 3.03. The predicted octanol–water partition coefficient (Wildman–Crippen LogP) is -7.01. The van der Waals surface area contributed by atoms with E-state index in [4.69, 9.17) is 5.26 Å². The second kappa shape index (κ2) is 7.28. The van der Waals surface area contributed by atoms with E-state index in [9.17, 15) is 65.8 Å². The maximum atomic E-state index is 12.5. The van der Waals surface area contributed by atoms with Crippen LogP contribution < -0.4 is 16.0 Å². The molecule has 35 heavy (non-hydrogen) atoms. The van der Waals surface area contributed by atoms with Crippen molar-refractivity contribution >= 4 is 11.9 Å². The van der Waals surface area contributed by atoms with Gasteiger partial charge in [-0.2, -0.15) is 5.26 Å². The highest BCUT2D eigenvalue weighted by Gasteiger charge is 2.80. The van der Waals surface area contributed by atoms with Crippen molar-refractivity contribution in [2.24, 2.45) is 5.92 Å². The van der Waals surface area contributed by atoms with Gasteiger partial charge >= 0.3 is 29.5 Å². The van der Waals surface area contributed by atoms with Gasteiger partial charge in [-0.05, 0) is 0 Å². The van der Waals surface area contributed by atoms with Crippen molar-refractivity contribution in [3.05, 3.63) is 23.0 Å². The number of likely N-dealkylation sites (tertiary alicyclic amines) is 1. The number of fused-ring (bicyclic) bond motifs is 1. The van der Waals surface area contributed by atoms with E-state index in [0.29, 0.717) is 13.0 Å². The summed E-state index contributed by atoms with van der Waals surface area (Å²) in [6, 6.07) is -0.479. The third-order valence-corrected chi connectivity index (χ3v) is 6.13. The predicted molar refractivity (Wildman–Crippen MR) is 101 cm³/mol. The zero-order valence-corrected chi connectivity index (χ0v) is 17.7. The molecule has 0 saturated carbocycles. The molecule has 19 heteroatoms. The second-order valence-corrected chi connectivity index (χ2v) is 8.06. The Hall–Kier alpha value is -3.45. The van der Waals surface area contributed by atoms with Gasteiger partial charge in [0.05, 0.1) is 11.5 Å². The molecule has 194 valence electrons. The van der Waals surface area contributed by atoms with Crippen LogP contribution in [0.1, 0.15) is 6.92 Å². The minimum Gasteiger partial charge on any atom is -0.503 e. The fourth-order valence-corrected chi connectivity index (χ4v) is 4.09. The number of hydrogen-bond acceptors (Lipinski definition) is 16. The molecular formula is C16H22N6O13. The van der Waals surface area contributed by atoms with Crippen LogP contribution in [0.4, 0.5) is 4.79 Å².